The molecule has 16 heavy (non-hydrogen) atoms. The Morgan fingerprint density at radius 1 is 1.44 bits per heavy atom. The minimum Gasteiger partial charge on any atom is -0.207 e. The van der Waals surface area contributed by atoms with Gasteiger partial charge in [0.05, 0.1) is 0 Å². The lowest BCUT2D eigenvalue weighted by Crippen LogP contribution is -2.35. The molecule has 6 heteroatoms. The van der Waals surface area contributed by atoms with Crippen LogP contribution in [0.25, 0.3) is 0 Å². The van der Waals surface area contributed by atoms with Crippen LogP contribution in [0.15, 0.2) is 16.3 Å². The van der Waals surface area contributed by atoms with Crippen LogP contribution < -0.4 is 4.72 Å². The van der Waals surface area contributed by atoms with Gasteiger partial charge in [0.2, 0.25) is 10.0 Å². The van der Waals surface area contributed by atoms with Gasteiger partial charge in [0, 0.05) is 16.2 Å². The summed E-state index contributed by atoms with van der Waals surface area (Å²) in [5, 5.41) is 0.634. The molecule has 0 saturated heterocycles. The molecule has 0 aliphatic carbocycles. The van der Waals surface area contributed by atoms with Crippen molar-refractivity contribution in [1.29, 1.82) is 0 Å². The number of hydrogen-bond donors (Lipinski definition) is 1. The Balaban J connectivity index is 2.85. The number of hydrogen-bond acceptors (Lipinski definition) is 3. The minimum atomic E-state index is -3.33. The van der Waals surface area contributed by atoms with E-state index in [9.17, 15) is 8.42 Å². The van der Waals surface area contributed by atoms with Crippen LogP contribution in [0.1, 0.15) is 25.1 Å². The molecule has 0 bridgehead atoms. The Kier molecular flexibility index (Phi) is 5.43. The van der Waals surface area contributed by atoms with Crippen molar-refractivity contribution >= 4 is 37.3 Å². The van der Waals surface area contributed by atoms with E-state index in [0.29, 0.717) is 9.54 Å². The molecule has 1 aromatic rings. The average molecular weight is 326 g/mol. The van der Waals surface area contributed by atoms with Crippen LogP contribution >= 0.6 is 27.3 Å². The summed E-state index contributed by atoms with van der Waals surface area (Å²) in [4.78, 5) is 1.09. The van der Waals surface area contributed by atoms with Crippen molar-refractivity contribution in [3.8, 4) is 0 Å². The van der Waals surface area contributed by atoms with Gasteiger partial charge in [-0.2, -0.15) is 0 Å². The Hall–Kier alpha value is 0.0900. The fourth-order valence-electron chi connectivity index (χ4n) is 1.19. The van der Waals surface area contributed by atoms with Gasteiger partial charge >= 0.3 is 0 Å². The first kappa shape index (κ1) is 14.2. The molecule has 0 fully saturated rings. The van der Waals surface area contributed by atoms with E-state index in [0.717, 1.165) is 17.7 Å². The molecule has 0 radical (unpaired) electrons. The van der Waals surface area contributed by atoms with Crippen LogP contribution in [0.2, 0.25) is 0 Å². The third kappa shape index (κ3) is 3.55. The maximum atomic E-state index is 12.0. The topological polar surface area (TPSA) is 46.2 Å². The highest BCUT2D eigenvalue weighted by Crippen LogP contribution is 2.22. The smallest absolute Gasteiger partial charge is 0.207 e. The SMILES string of the molecule is CCc1ccc(S(=O)(=O)NC(CC)CBr)s1. The molecule has 3 nitrogen and oxygen atoms in total. The van der Waals surface area contributed by atoms with Crippen LogP contribution in [0, 0.1) is 0 Å². The molecular formula is C10H16BrNO2S2. The van der Waals surface area contributed by atoms with Gasteiger partial charge in [0.1, 0.15) is 4.21 Å². The first-order valence-corrected chi connectivity index (χ1v) is 8.62. The number of halogens is 1. The normalized spacial score (nSPS) is 13.9. The number of nitrogens with one attached hydrogen (secondary N) is 1. The van der Waals surface area contributed by atoms with Crippen LogP contribution in [-0.4, -0.2) is 19.8 Å². The summed E-state index contributed by atoms with van der Waals surface area (Å²) < 4.78 is 27.0. The van der Waals surface area contributed by atoms with Gasteiger partial charge in [-0.1, -0.05) is 29.8 Å². The molecule has 1 atom stereocenters. The molecular weight excluding hydrogens is 310 g/mol. The Morgan fingerprint density at radius 2 is 2.12 bits per heavy atom. The van der Waals surface area contributed by atoms with E-state index in [1.807, 2.05) is 19.9 Å². The van der Waals surface area contributed by atoms with Crippen LogP contribution in [0.5, 0.6) is 0 Å². The molecule has 0 aromatic carbocycles. The number of rotatable bonds is 6. The Bertz CT molecular complexity index is 424. The first-order chi connectivity index (χ1) is 7.53. The summed E-state index contributed by atoms with van der Waals surface area (Å²) >= 11 is 4.63. The zero-order valence-electron chi connectivity index (χ0n) is 9.36. The first-order valence-electron chi connectivity index (χ1n) is 5.20. The van der Waals surface area contributed by atoms with E-state index in [-0.39, 0.29) is 6.04 Å². The van der Waals surface area contributed by atoms with Gasteiger partial charge in [-0.15, -0.1) is 11.3 Å². The third-order valence-electron chi connectivity index (χ3n) is 2.25. The molecule has 0 aliphatic rings. The predicted molar refractivity (Wildman–Crippen MR) is 71.9 cm³/mol. The van der Waals surface area contributed by atoms with E-state index >= 15 is 0 Å². The second kappa shape index (κ2) is 6.14. The molecule has 1 unspecified atom stereocenters. The lowest BCUT2D eigenvalue weighted by molar-refractivity contribution is 0.561. The number of thiophene rings is 1. The quantitative estimate of drug-likeness (QED) is 0.817. The van der Waals surface area contributed by atoms with Gasteiger partial charge in [-0.25, -0.2) is 13.1 Å². The van der Waals surface area contributed by atoms with Crippen molar-refractivity contribution in [3.05, 3.63) is 17.0 Å². The minimum absolute atomic E-state index is 0.0443. The van der Waals surface area contributed by atoms with Gasteiger partial charge < -0.3 is 0 Å². The second-order valence-electron chi connectivity index (χ2n) is 3.46. The van der Waals surface area contributed by atoms with Crippen LogP contribution in [0.4, 0.5) is 0 Å². The molecule has 0 saturated carbocycles. The summed E-state index contributed by atoms with van der Waals surface area (Å²) in [5.74, 6) is 0. The van der Waals surface area contributed by atoms with Gasteiger partial charge in [0.25, 0.3) is 0 Å². The van der Waals surface area contributed by atoms with Crippen molar-refractivity contribution in [1.82, 2.24) is 4.72 Å². The molecule has 1 aromatic heterocycles. The van der Waals surface area contributed by atoms with Crippen LogP contribution in [-0.2, 0) is 16.4 Å². The summed E-state index contributed by atoms with van der Waals surface area (Å²) in [6.45, 7) is 3.98. The molecule has 0 spiro atoms. The molecule has 0 amide bonds. The average Bonchev–Trinajstić information content (AvgIpc) is 2.75. The standard InChI is InChI=1S/C10H16BrNO2S2/c1-3-8(7-11)12-16(13,14)10-6-5-9(4-2)15-10/h5-6,8,12H,3-4,7H2,1-2H3. The molecule has 1 heterocycles. The van der Waals surface area contributed by atoms with Crippen molar-refractivity contribution in [2.45, 2.75) is 36.9 Å². The van der Waals surface area contributed by atoms with Crippen molar-refractivity contribution in [2.24, 2.45) is 0 Å². The Morgan fingerprint density at radius 3 is 2.56 bits per heavy atom. The predicted octanol–water partition coefficient (Wildman–Crippen LogP) is 2.76. The van der Waals surface area contributed by atoms with E-state index in [4.69, 9.17) is 0 Å². The third-order valence-corrected chi connectivity index (χ3v) is 6.27. The van der Waals surface area contributed by atoms with E-state index in [1.165, 1.54) is 11.3 Å². The maximum absolute atomic E-state index is 12.0. The van der Waals surface area contributed by atoms with Gasteiger partial charge in [0.15, 0.2) is 0 Å². The largest absolute Gasteiger partial charge is 0.250 e. The van der Waals surface area contributed by atoms with E-state index in [1.54, 1.807) is 6.07 Å². The summed E-state index contributed by atoms with van der Waals surface area (Å²) in [7, 11) is -3.33. The summed E-state index contributed by atoms with van der Waals surface area (Å²) in [6.07, 6.45) is 1.65. The number of sulfonamides is 1. The monoisotopic (exact) mass is 325 g/mol. The van der Waals surface area contributed by atoms with Gasteiger partial charge in [-0.3, -0.25) is 0 Å². The molecule has 1 rings (SSSR count). The van der Waals surface area contributed by atoms with Crippen LogP contribution in [0.3, 0.4) is 0 Å². The molecule has 0 aliphatic heterocycles. The number of alkyl halides is 1. The highest BCUT2D eigenvalue weighted by molar-refractivity contribution is 9.09. The maximum Gasteiger partial charge on any atom is 0.250 e. The summed E-state index contributed by atoms with van der Waals surface area (Å²) in [6, 6.07) is 3.50. The lowest BCUT2D eigenvalue weighted by atomic mass is 10.3. The highest BCUT2D eigenvalue weighted by Gasteiger charge is 2.19. The zero-order valence-corrected chi connectivity index (χ0v) is 12.6. The zero-order chi connectivity index (χ0) is 12.2. The Labute approximate surface area is 109 Å². The molecule has 92 valence electrons. The van der Waals surface area contributed by atoms with Crippen molar-refractivity contribution in [3.63, 3.8) is 0 Å². The lowest BCUT2D eigenvalue weighted by Gasteiger charge is -2.12. The van der Waals surface area contributed by atoms with E-state index < -0.39 is 10.0 Å². The van der Waals surface area contributed by atoms with E-state index in [2.05, 4.69) is 20.7 Å². The fraction of sp³-hybridized carbons (Fsp3) is 0.600. The fourth-order valence-corrected chi connectivity index (χ4v) is 4.66. The molecule has 1 N–H and O–H groups in total. The summed E-state index contributed by atoms with van der Waals surface area (Å²) in [5.41, 5.74) is 0. The highest BCUT2D eigenvalue weighted by atomic mass is 79.9. The van der Waals surface area contributed by atoms with Crippen molar-refractivity contribution in [2.75, 3.05) is 5.33 Å². The van der Waals surface area contributed by atoms with Gasteiger partial charge in [-0.05, 0) is 25.0 Å². The number of aryl methyl sites for hydroxylation is 1. The van der Waals surface area contributed by atoms with Crippen molar-refractivity contribution < 1.29 is 8.42 Å². The second-order valence-corrected chi connectivity index (χ2v) is 7.21.